The van der Waals surface area contributed by atoms with Crippen LogP contribution in [-0.2, 0) is 22.4 Å². The van der Waals surface area contributed by atoms with Crippen LogP contribution in [0.25, 0.3) is 0 Å². The number of aromatic nitrogens is 2. The maximum absolute atomic E-state index is 11.9. The van der Waals surface area contributed by atoms with Gasteiger partial charge in [0.2, 0.25) is 11.6 Å². The van der Waals surface area contributed by atoms with Crippen LogP contribution in [0.5, 0.6) is 11.6 Å². The summed E-state index contributed by atoms with van der Waals surface area (Å²) in [5, 5.41) is 21.1. The van der Waals surface area contributed by atoms with Crippen LogP contribution in [0.4, 0.5) is 10.5 Å². The highest BCUT2D eigenvalue weighted by Crippen LogP contribution is 2.40. The minimum Gasteiger partial charge on any atom is -0.450 e. The Balaban J connectivity index is 1.78. The van der Waals surface area contributed by atoms with E-state index < -0.39 is 17.7 Å². The highest BCUT2D eigenvalue weighted by atomic mass is 35.5. The maximum atomic E-state index is 11.9. The van der Waals surface area contributed by atoms with Crippen LogP contribution >= 0.6 is 23.2 Å². The molecular weight excluding hydrogens is 463 g/mol. The zero-order valence-corrected chi connectivity index (χ0v) is 18.1. The first kappa shape index (κ1) is 23.1. The number of carbonyl (C=O) groups excluding carboxylic acids is 2. The quantitative estimate of drug-likeness (QED) is 0.421. The minimum atomic E-state index is -1.05. The lowest BCUT2D eigenvalue weighted by Gasteiger charge is -2.12. The molecule has 0 saturated carbocycles. The zero-order valence-electron chi connectivity index (χ0n) is 16.6. The molecule has 0 aliphatic heterocycles. The maximum Gasteiger partial charge on any atom is 0.414 e. The second kappa shape index (κ2) is 10.1. The summed E-state index contributed by atoms with van der Waals surface area (Å²) in [5.41, 5.74) is 3.16. The predicted molar refractivity (Wildman–Crippen MR) is 115 cm³/mol. The first-order chi connectivity index (χ1) is 15.3. The Hall–Kier alpha value is -3.62. The topological polar surface area (TPSA) is 159 Å². The van der Waals surface area contributed by atoms with E-state index in [0.29, 0.717) is 24.0 Å². The van der Waals surface area contributed by atoms with E-state index in [1.165, 1.54) is 12.1 Å². The van der Waals surface area contributed by atoms with Crippen LogP contribution in [0.3, 0.4) is 0 Å². The van der Waals surface area contributed by atoms with E-state index in [-0.39, 0.29) is 39.5 Å². The van der Waals surface area contributed by atoms with Gasteiger partial charge in [-0.2, -0.15) is 10.4 Å². The first-order valence-corrected chi connectivity index (χ1v) is 10.1. The zero-order chi connectivity index (χ0) is 23.3. The molecular formula is C19H16Cl2N6O5. The number of hydrogen-bond acceptors (Lipinski definition) is 9. The van der Waals surface area contributed by atoms with Crippen LogP contribution < -0.4 is 21.0 Å². The minimum absolute atomic E-state index is 0.0548. The number of fused-ring (bicyclic) bond motifs is 1. The smallest absolute Gasteiger partial charge is 0.414 e. The molecule has 0 saturated heterocycles. The van der Waals surface area contributed by atoms with Crippen LogP contribution in [0.15, 0.2) is 22.0 Å². The number of benzene rings is 1. The summed E-state index contributed by atoms with van der Waals surface area (Å²) in [6, 6.07) is 4.36. The summed E-state index contributed by atoms with van der Waals surface area (Å²) in [6.45, 7) is 1.62. The number of nitrogens with zero attached hydrogens (tertiary/aromatic N) is 3. The molecule has 1 aliphatic carbocycles. The third kappa shape index (κ3) is 5.16. The largest absolute Gasteiger partial charge is 0.450 e. The van der Waals surface area contributed by atoms with Crippen LogP contribution in [0, 0.1) is 11.3 Å². The molecule has 1 aliphatic rings. The molecule has 0 bridgehead atoms. The Kier molecular flexibility index (Phi) is 7.29. The number of amides is 2. The molecule has 0 atom stereocenters. The van der Waals surface area contributed by atoms with Gasteiger partial charge in [0.25, 0.3) is 11.5 Å². The molecule has 1 heterocycles. The van der Waals surface area contributed by atoms with Crippen molar-refractivity contribution >= 4 is 46.6 Å². The fourth-order valence-electron chi connectivity index (χ4n) is 2.94. The SMILES string of the molecule is CCOC(=O)NC(=O)/C(C#N)=N/Nc1cc(Cl)c(Oc2n[nH]c(=O)c3c2CCC3)c(Cl)c1. The lowest BCUT2D eigenvalue weighted by molar-refractivity contribution is -0.114. The number of rotatable bonds is 6. The molecule has 2 amide bonds. The molecule has 0 spiro atoms. The summed E-state index contributed by atoms with van der Waals surface area (Å²) in [4.78, 5) is 35.0. The van der Waals surface area contributed by atoms with Gasteiger partial charge in [0, 0.05) is 11.1 Å². The van der Waals surface area contributed by atoms with Gasteiger partial charge >= 0.3 is 6.09 Å². The Morgan fingerprint density at radius 1 is 1.28 bits per heavy atom. The highest BCUT2D eigenvalue weighted by molar-refractivity contribution is 6.47. The van der Waals surface area contributed by atoms with Crippen molar-refractivity contribution in [3.63, 3.8) is 0 Å². The molecule has 1 aromatic carbocycles. The second-order valence-corrected chi connectivity index (χ2v) is 7.21. The van der Waals surface area contributed by atoms with Crippen molar-refractivity contribution in [2.24, 2.45) is 5.10 Å². The average Bonchev–Trinajstić information content (AvgIpc) is 3.24. The number of nitrogens with one attached hydrogen (secondary N) is 3. The normalized spacial score (nSPS) is 12.5. The Bertz CT molecular complexity index is 1180. The predicted octanol–water partition coefficient (Wildman–Crippen LogP) is 2.92. The van der Waals surface area contributed by atoms with Crippen LogP contribution in [-0.4, -0.2) is 34.5 Å². The molecule has 3 N–H and O–H groups in total. The van der Waals surface area contributed by atoms with Crippen molar-refractivity contribution in [3.8, 4) is 17.7 Å². The molecule has 166 valence electrons. The van der Waals surface area contributed by atoms with E-state index >= 15 is 0 Å². The van der Waals surface area contributed by atoms with E-state index in [1.807, 2.05) is 5.32 Å². The van der Waals surface area contributed by atoms with E-state index in [2.05, 4.69) is 25.5 Å². The fraction of sp³-hybridized carbons (Fsp3) is 0.263. The second-order valence-electron chi connectivity index (χ2n) is 6.40. The van der Waals surface area contributed by atoms with Crippen molar-refractivity contribution in [3.05, 3.63) is 43.7 Å². The lowest BCUT2D eigenvalue weighted by atomic mass is 10.2. The number of imide groups is 1. The Morgan fingerprint density at radius 3 is 2.62 bits per heavy atom. The number of ether oxygens (including phenoxy) is 2. The highest BCUT2D eigenvalue weighted by Gasteiger charge is 2.22. The molecule has 2 aromatic rings. The van der Waals surface area contributed by atoms with Crippen molar-refractivity contribution < 1.29 is 19.1 Å². The number of halogens is 2. The number of anilines is 1. The van der Waals surface area contributed by atoms with Gasteiger partial charge in [-0.25, -0.2) is 9.89 Å². The van der Waals surface area contributed by atoms with Crippen molar-refractivity contribution in [2.75, 3.05) is 12.0 Å². The van der Waals surface area contributed by atoms with Crippen LogP contribution in [0.1, 0.15) is 24.5 Å². The van der Waals surface area contributed by atoms with Gasteiger partial charge in [-0.1, -0.05) is 23.2 Å². The summed E-state index contributed by atoms with van der Waals surface area (Å²) in [5.74, 6) is -0.729. The van der Waals surface area contributed by atoms with Gasteiger partial charge in [0.1, 0.15) is 6.07 Å². The van der Waals surface area contributed by atoms with Gasteiger partial charge in [0.05, 0.1) is 22.3 Å². The Morgan fingerprint density at radius 2 is 1.97 bits per heavy atom. The number of alkyl carbamates (subject to hydrolysis) is 1. The van der Waals surface area contributed by atoms with E-state index in [0.717, 1.165) is 6.42 Å². The molecule has 11 nitrogen and oxygen atoms in total. The molecule has 13 heteroatoms. The molecule has 0 fully saturated rings. The van der Waals surface area contributed by atoms with E-state index in [9.17, 15) is 14.4 Å². The molecule has 32 heavy (non-hydrogen) atoms. The summed E-state index contributed by atoms with van der Waals surface area (Å²) in [6.07, 6.45) is 1.09. The summed E-state index contributed by atoms with van der Waals surface area (Å²) < 4.78 is 10.3. The molecule has 3 rings (SSSR count). The van der Waals surface area contributed by atoms with Crippen molar-refractivity contribution in [1.29, 1.82) is 5.26 Å². The van der Waals surface area contributed by atoms with Gasteiger partial charge in [-0.05, 0) is 38.3 Å². The number of carbonyl (C=O) groups is 2. The fourth-order valence-corrected chi connectivity index (χ4v) is 3.50. The number of nitriles is 1. The number of aromatic amines is 1. The van der Waals surface area contributed by atoms with Gasteiger partial charge in [-0.3, -0.25) is 20.3 Å². The number of hydrogen-bond donors (Lipinski definition) is 3. The van der Waals surface area contributed by atoms with Crippen molar-refractivity contribution in [2.45, 2.75) is 26.2 Å². The van der Waals surface area contributed by atoms with Crippen LogP contribution in [0.2, 0.25) is 10.0 Å². The number of hydrazone groups is 1. The molecule has 0 radical (unpaired) electrons. The third-order valence-electron chi connectivity index (χ3n) is 4.31. The van der Waals surface area contributed by atoms with E-state index in [4.69, 9.17) is 33.2 Å². The summed E-state index contributed by atoms with van der Waals surface area (Å²) in [7, 11) is 0. The van der Waals surface area contributed by atoms with Crippen molar-refractivity contribution in [1.82, 2.24) is 15.5 Å². The number of H-pyrrole nitrogens is 1. The van der Waals surface area contributed by atoms with Gasteiger partial charge in [-0.15, -0.1) is 5.10 Å². The lowest BCUT2D eigenvalue weighted by Crippen LogP contribution is -2.36. The molecule has 1 aromatic heterocycles. The average molecular weight is 479 g/mol. The standard InChI is InChI=1S/C19H16Cl2N6O5/c1-2-31-19(30)23-17(29)14(8-22)25-24-9-6-12(20)15(13(21)7-9)32-18-11-5-3-4-10(11)16(28)26-27-18/h6-7,24H,2-5H2,1H3,(H,26,28)(H,23,29,30)/b25-14+. The molecule has 0 unspecified atom stereocenters. The monoisotopic (exact) mass is 478 g/mol. The summed E-state index contributed by atoms with van der Waals surface area (Å²) >= 11 is 12.6. The third-order valence-corrected chi connectivity index (χ3v) is 4.88. The Labute approximate surface area is 191 Å². The first-order valence-electron chi connectivity index (χ1n) is 9.33. The van der Waals surface area contributed by atoms with E-state index in [1.54, 1.807) is 13.0 Å². The van der Waals surface area contributed by atoms with Gasteiger partial charge < -0.3 is 9.47 Å². The van der Waals surface area contributed by atoms with Gasteiger partial charge in [0.15, 0.2) is 5.75 Å².